The van der Waals surface area contributed by atoms with Gasteiger partial charge in [-0.2, -0.15) is 5.10 Å². The molecule has 168 valence electrons. The summed E-state index contributed by atoms with van der Waals surface area (Å²) in [7, 11) is 0. The zero-order chi connectivity index (χ0) is 23.5. The van der Waals surface area contributed by atoms with E-state index in [-0.39, 0.29) is 11.7 Å². The van der Waals surface area contributed by atoms with Crippen molar-refractivity contribution in [1.29, 1.82) is 0 Å². The summed E-state index contributed by atoms with van der Waals surface area (Å²) >= 11 is 0. The van der Waals surface area contributed by atoms with Gasteiger partial charge in [-0.25, -0.2) is 14.4 Å². The van der Waals surface area contributed by atoms with E-state index in [1.165, 1.54) is 18.3 Å². The van der Waals surface area contributed by atoms with Crippen LogP contribution in [0.15, 0.2) is 86.0 Å². The number of anilines is 1. The van der Waals surface area contributed by atoms with E-state index in [1.54, 1.807) is 59.5 Å². The fourth-order valence-electron chi connectivity index (χ4n) is 3.49. The topological polar surface area (TPSA) is 97.7 Å². The van der Waals surface area contributed by atoms with Crippen molar-refractivity contribution in [3.63, 3.8) is 0 Å². The summed E-state index contributed by atoms with van der Waals surface area (Å²) in [5.74, 6) is 0.197. The van der Waals surface area contributed by atoms with Crippen LogP contribution in [0.2, 0.25) is 0 Å². The summed E-state index contributed by atoms with van der Waals surface area (Å²) in [5, 5.41) is 7.05. The third kappa shape index (κ3) is 4.40. The van der Waals surface area contributed by atoms with E-state index in [0.717, 1.165) is 11.1 Å². The molecular formula is C25H19FN6O2. The molecule has 0 saturated heterocycles. The quantitative estimate of drug-likeness (QED) is 0.340. The van der Waals surface area contributed by atoms with Gasteiger partial charge in [-0.3, -0.25) is 9.48 Å². The van der Waals surface area contributed by atoms with E-state index in [2.05, 4.69) is 31.9 Å². The Morgan fingerprint density at radius 2 is 2.09 bits per heavy atom. The maximum Gasteiger partial charge on any atom is 0.247 e. The number of nitrogens with one attached hydrogen (secondary N) is 2. The Morgan fingerprint density at radius 3 is 2.94 bits per heavy atom. The molecule has 2 N–H and O–H groups in total. The summed E-state index contributed by atoms with van der Waals surface area (Å²) < 4.78 is 21.5. The van der Waals surface area contributed by atoms with Crippen molar-refractivity contribution in [2.45, 2.75) is 6.54 Å². The molecule has 0 spiro atoms. The number of aromatic nitrogens is 5. The molecular weight excluding hydrogens is 435 g/mol. The molecule has 0 unspecified atom stereocenters. The van der Waals surface area contributed by atoms with Crippen LogP contribution in [0.4, 0.5) is 10.1 Å². The van der Waals surface area contributed by atoms with Crippen LogP contribution < -0.4 is 10.1 Å². The van der Waals surface area contributed by atoms with Crippen LogP contribution in [0, 0.1) is 5.82 Å². The normalized spacial score (nSPS) is 10.9. The first-order valence-corrected chi connectivity index (χ1v) is 10.4. The number of amides is 1. The van der Waals surface area contributed by atoms with E-state index in [1.807, 2.05) is 6.20 Å². The Kier molecular flexibility index (Phi) is 5.57. The molecule has 0 saturated carbocycles. The summed E-state index contributed by atoms with van der Waals surface area (Å²) in [6, 6.07) is 13.5. The molecule has 0 aliphatic carbocycles. The van der Waals surface area contributed by atoms with E-state index in [4.69, 9.17) is 4.74 Å². The van der Waals surface area contributed by atoms with Gasteiger partial charge < -0.3 is 15.0 Å². The molecule has 0 bridgehead atoms. The molecule has 3 aromatic heterocycles. The Morgan fingerprint density at radius 1 is 1.21 bits per heavy atom. The molecule has 3 heterocycles. The van der Waals surface area contributed by atoms with Crippen LogP contribution in [-0.2, 0) is 11.3 Å². The number of fused-ring (bicyclic) bond motifs is 1. The largest absolute Gasteiger partial charge is 0.437 e. The highest BCUT2D eigenvalue weighted by atomic mass is 19.1. The number of carbonyl (C=O) groups is 1. The molecule has 1 amide bonds. The standard InChI is InChI=1S/C25H19FN6O2/c1-2-22(33)30-18-7-5-8-19(10-18)34-23-13-28-25-24(31-23)20(12-27-25)17-11-29-32(15-17)14-16-6-3-4-9-21(16)26/h2-13,15H,1,14H2,(H,27,28)(H,30,33). The van der Waals surface area contributed by atoms with Gasteiger partial charge >= 0.3 is 0 Å². The van der Waals surface area contributed by atoms with Crippen molar-refractivity contribution in [1.82, 2.24) is 24.7 Å². The second-order valence-corrected chi connectivity index (χ2v) is 7.45. The monoisotopic (exact) mass is 454 g/mol. The van der Waals surface area contributed by atoms with Crippen LogP contribution in [-0.4, -0.2) is 30.6 Å². The van der Waals surface area contributed by atoms with Crippen LogP contribution >= 0.6 is 0 Å². The SMILES string of the molecule is C=CC(=O)Nc1cccc(Oc2cnc3[nH]cc(-c4cnn(Cc5ccccc5F)c4)c3n2)c1. The Hall–Kier alpha value is -4.79. The van der Waals surface area contributed by atoms with Gasteiger partial charge in [-0.05, 0) is 24.3 Å². The third-order valence-corrected chi connectivity index (χ3v) is 5.10. The van der Waals surface area contributed by atoms with Gasteiger partial charge in [0.25, 0.3) is 0 Å². The van der Waals surface area contributed by atoms with E-state index in [9.17, 15) is 9.18 Å². The van der Waals surface area contributed by atoms with E-state index < -0.39 is 0 Å². The number of halogens is 1. The molecule has 0 atom stereocenters. The lowest BCUT2D eigenvalue weighted by Gasteiger charge is -2.07. The summed E-state index contributed by atoms with van der Waals surface area (Å²) in [4.78, 5) is 23.6. The second kappa shape index (κ2) is 8.99. The number of nitrogens with zero attached hydrogens (tertiary/aromatic N) is 4. The van der Waals surface area contributed by atoms with E-state index in [0.29, 0.717) is 40.6 Å². The highest BCUT2D eigenvalue weighted by Crippen LogP contribution is 2.29. The number of carbonyl (C=O) groups excluding carboxylic acids is 1. The molecule has 2 aromatic carbocycles. The molecule has 8 nitrogen and oxygen atoms in total. The minimum absolute atomic E-state index is 0.271. The average molecular weight is 454 g/mol. The smallest absolute Gasteiger partial charge is 0.247 e. The molecule has 0 fully saturated rings. The van der Waals surface area contributed by atoms with Gasteiger partial charge in [0.1, 0.15) is 17.1 Å². The number of aromatic amines is 1. The number of benzene rings is 2. The van der Waals surface area contributed by atoms with Gasteiger partial charge in [-0.1, -0.05) is 30.8 Å². The van der Waals surface area contributed by atoms with Crippen molar-refractivity contribution in [3.05, 3.63) is 97.4 Å². The lowest BCUT2D eigenvalue weighted by molar-refractivity contribution is -0.111. The van der Waals surface area contributed by atoms with E-state index >= 15 is 0 Å². The predicted molar refractivity (Wildman–Crippen MR) is 126 cm³/mol. The van der Waals surface area contributed by atoms with Gasteiger partial charge in [-0.15, -0.1) is 0 Å². The van der Waals surface area contributed by atoms with Gasteiger partial charge in [0.05, 0.1) is 18.9 Å². The van der Waals surface area contributed by atoms with Gasteiger partial charge in [0, 0.05) is 40.8 Å². The molecule has 0 radical (unpaired) electrons. The summed E-state index contributed by atoms with van der Waals surface area (Å²) in [6.45, 7) is 3.76. The summed E-state index contributed by atoms with van der Waals surface area (Å²) in [5.41, 5.74) is 3.93. The van der Waals surface area contributed by atoms with Crippen molar-refractivity contribution in [2.24, 2.45) is 0 Å². The lowest BCUT2D eigenvalue weighted by Crippen LogP contribution is -2.07. The minimum atomic E-state index is -0.314. The molecule has 0 aliphatic heterocycles. The van der Waals surface area contributed by atoms with Gasteiger partial charge in [0.15, 0.2) is 5.65 Å². The number of H-pyrrole nitrogens is 1. The highest BCUT2D eigenvalue weighted by Gasteiger charge is 2.13. The molecule has 5 rings (SSSR count). The Balaban J connectivity index is 1.39. The number of ether oxygens (including phenoxy) is 1. The number of rotatable bonds is 7. The van der Waals surface area contributed by atoms with Crippen molar-refractivity contribution < 1.29 is 13.9 Å². The predicted octanol–water partition coefficient (Wildman–Crippen LogP) is 4.93. The average Bonchev–Trinajstić information content (AvgIpc) is 3.47. The van der Waals surface area contributed by atoms with Crippen LogP contribution in [0.5, 0.6) is 11.6 Å². The molecule has 34 heavy (non-hydrogen) atoms. The first kappa shape index (κ1) is 21.1. The van der Waals surface area contributed by atoms with Crippen LogP contribution in [0.1, 0.15) is 5.56 Å². The summed E-state index contributed by atoms with van der Waals surface area (Å²) in [6.07, 6.45) is 8.03. The first-order chi connectivity index (χ1) is 16.6. The second-order valence-electron chi connectivity index (χ2n) is 7.45. The third-order valence-electron chi connectivity index (χ3n) is 5.10. The molecule has 5 aromatic rings. The van der Waals surface area contributed by atoms with Crippen molar-refractivity contribution in [2.75, 3.05) is 5.32 Å². The number of hydrogen-bond donors (Lipinski definition) is 2. The lowest BCUT2D eigenvalue weighted by atomic mass is 10.2. The zero-order valence-electron chi connectivity index (χ0n) is 17.9. The fourth-order valence-corrected chi connectivity index (χ4v) is 3.49. The number of hydrogen-bond acceptors (Lipinski definition) is 5. The zero-order valence-corrected chi connectivity index (χ0v) is 17.9. The molecule has 9 heteroatoms. The Bertz CT molecular complexity index is 1510. The fraction of sp³-hybridized carbons (Fsp3) is 0.0400. The van der Waals surface area contributed by atoms with Crippen molar-refractivity contribution >= 4 is 22.8 Å². The maximum atomic E-state index is 14.0. The maximum absolute atomic E-state index is 14.0. The Labute approximate surface area is 193 Å². The first-order valence-electron chi connectivity index (χ1n) is 10.4. The molecule has 0 aliphatic rings. The van der Waals surface area contributed by atoms with Crippen LogP contribution in [0.25, 0.3) is 22.3 Å². The van der Waals surface area contributed by atoms with Crippen molar-refractivity contribution in [3.8, 4) is 22.8 Å². The van der Waals surface area contributed by atoms with Crippen LogP contribution in [0.3, 0.4) is 0 Å². The minimum Gasteiger partial charge on any atom is -0.437 e. The van der Waals surface area contributed by atoms with Gasteiger partial charge in [0.2, 0.25) is 11.8 Å². The highest BCUT2D eigenvalue weighted by molar-refractivity contribution is 5.99.